The zero-order valence-corrected chi connectivity index (χ0v) is 10.9. The van der Waals surface area contributed by atoms with Gasteiger partial charge in [-0.2, -0.15) is 0 Å². The summed E-state index contributed by atoms with van der Waals surface area (Å²) >= 11 is 0. The van der Waals surface area contributed by atoms with Crippen molar-refractivity contribution in [3.05, 3.63) is 0 Å². The molecule has 3 N–H and O–H groups in total. The van der Waals surface area contributed by atoms with Crippen LogP contribution in [-0.4, -0.2) is 48.2 Å². The van der Waals surface area contributed by atoms with E-state index in [9.17, 15) is 10.2 Å². The minimum atomic E-state index is -0.471. The Morgan fingerprint density at radius 3 is 2.41 bits per heavy atom. The van der Waals surface area contributed by atoms with E-state index in [1.54, 1.807) is 0 Å². The lowest BCUT2D eigenvalue weighted by Crippen LogP contribution is -2.36. The lowest BCUT2D eigenvalue weighted by molar-refractivity contribution is -0.0235. The summed E-state index contributed by atoms with van der Waals surface area (Å²) in [5.74, 6) is 0. The largest absolute Gasteiger partial charge is 0.392 e. The third kappa shape index (κ3) is 6.99. The Balaban J connectivity index is 1.98. The van der Waals surface area contributed by atoms with E-state index in [-0.39, 0.29) is 6.10 Å². The topological polar surface area (TPSA) is 61.7 Å². The maximum absolute atomic E-state index is 9.70. The van der Waals surface area contributed by atoms with Crippen LogP contribution in [0.1, 0.15) is 45.4 Å². The number of hydrogen-bond donors (Lipinski definition) is 3. The highest BCUT2D eigenvalue weighted by Gasteiger charge is 2.15. The maximum atomic E-state index is 9.70. The number of rotatable bonds is 8. The fraction of sp³-hybridized carbons (Fsp3) is 1.00. The van der Waals surface area contributed by atoms with E-state index in [0.29, 0.717) is 25.8 Å². The highest BCUT2D eigenvalue weighted by molar-refractivity contribution is 4.67. The number of aliphatic hydroxyl groups is 2. The molecule has 0 spiro atoms. The van der Waals surface area contributed by atoms with Crippen LogP contribution in [0.4, 0.5) is 0 Å². The van der Waals surface area contributed by atoms with Crippen LogP contribution in [-0.2, 0) is 4.74 Å². The van der Waals surface area contributed by atoms with Crippen LogP contribution < -0.4 is 5.32 Å². The molecule has 2 unspecified atom stereocenters. The van der Waals surface area contributed by atoms with Gasteiger partial charge in [-0.05, 0) is 19.3 Å². The summed E-state index contributed by atoms with van der Waals surface area (Å²) in [5, 5.41) is 22.1. The second-order valence-electron chi connectivity index (χ2n) is 4.97. The Hall–Kier alpha value is -0.160. The molecular formula is C13H27NO3. The van der Waals surface area contributed by atoms with Crippen molar-refractivity contribution in [3.8, 4) is 0 Å². The molecule has 0 aromatic carbocycles. The first-order valence-corrected chi connectivity index (χ1v) is 6.90. The quantitative estimate of drug-likeness (QED) is 0.598. The molecular weight excluding hydrogens is 218 g/mol. The van der Waals surface area contributed by atoms with Crippen molar-refractivity contribution in [2.24, 2.45) is 0 Å². The Bertz CT molecular complexity index is 184. The van der Waals surface area contributed by atoms with E-state index in [4.69, 9.17) is 4.74 Å². The van der Waals surface area contributed by atoms with Crippen LogP contribution in [0.3, 0.4) is 0 Å². The standard InChI is InChI=1S/C13H27NO3/c1-2-11(15)8-14-9-12(16)10-17-13-6-4-3-5-7-13/h11-16H,2-10H2,1H3. The van der Waals surface area contributed by atoms with Crippen molar-refractivity contribution in [3.63, 3.8) is 0 Å². The van der Waals surface area contributed by atoms with Crippen molar-refractivity contribution >= 4 is 0 Å². The van der Waals surface area contributed by atoms with Crippen LogP contribution in [0.2, 0.25) is 0 Å². The van der Waals surface area contributed by atoms with Crippen LogP contribution >= 0.6 is 0 Å². The molecule has 102 valence electrons. The first-order chi connectivity index (χ1) is 8.22. The SMILES string of the molecule is CCC(O)CNCC(O)COC1CCCCC1. The molecule has 0 amide bonds. The smallest absolute Gasteiger partial charge is 0.0897 e. The highest BCUT2D eigenvalue weighted by Crippen LogP contribution is 2.20. The predicted molar refractivity (Wildman–Crippen MR) is 68.0 cm³/mol. The summed E-state index contributed by atoms with van der Waals surface area (Å²) in [4.78, 5) is 0. The van der Waals surface area contributed by atoms with Crippen molar-refractivity contribution in [1.82, 2.24) is 5.32 Å². The summed E-state index contributed by atoms with van der Waals surface area (Å²) in [7, 11) is 0. The van der Waals surface area contributed by atoms with Crippen LogP contribution in [0.25, 0.3) is 0 Å². The van der Waals surface area contributed by atoms with Gasteiger partial charge in [-0.1, -0.05) is 26.2 Å². The molecule has 1 aliphatic carbocycles. The summed E-state index contributed by atoms with van der Waals surface area (Å²) in [6.45, 7) is 3.37. The van der Waals surface area contributed by atoms with Gasteiger partial charge in [0, 0.05) is 13.1 Å². The number of hydrogen-bond acceptors (Lipinski definition) is 4. The Kier molecular flexibility index (Phi) is 7.77. The number of nitrogens with one attached hydrogen (secondary N) is 1. The lowest BCUT2D eigenvalue weighted by Gasteiger charge is -2.23. The molecule has 1 saturated carbocycles. The Morgan fingerprint density at radius 2 is 1.76 bits per heavy atom. The molecule has 0 aromatic heterocycles. The Morgan fingerprint density at radius 1 is 1.12 bits per heavy atom. The highest BCUT2D eigenvalue weighted by atomic mass is 16.5. The molecule has 0 aliphatic heterocycles. The summed E-state index contributed by atoms with van der Waals surface area (Å²) in [5.41, 5.74) is 0. The molecule has 0 saturated heterocycles. The number of ether oxygens (including phenoxy) is 1. The average Bonchev–Trinajstić information content (AvgIpc) is 2.37. The summed E-state index contributed by atoms with van der Waals surface area (Å²) in [6, 6.07) is 0. The average molecular weight is 245 g/mol. The van der Waals surface area contributed by atoms with Gasteiger partial charge in [-0.15, -0.1) is 0 Å². The monoisotopic (exact) mass is 245 g/mol. The number of aliphatic hydroxyl groups excluding tert-OH is 2. The fourth-order valence-electron chi connectivity index (χ4n) is 2.10. The summed E-state index contributed by atoms with van der Waals surface area (Å²) in [6.07, 6.45) is 6.38. The molecule has 17 heavy (non-hydrogen) atoms. The van der Waals surface area contributed by atoms with E-state index < -0.39 is 6.10 Å². The third-order valence-corrected chi connectivity index (χ3v) is 3.31. The van der Waals surface area contributed by atoms with Crippen molar-refractivity contribution in [2.75, 3.05) is 19.7 Å². The third-order valence-electron chi connectivity index (χ3n) is 3.31. The minimum Gasteiger partial charge on any atom is -0.392 e. The van der Waals surface area contributed by atoms with Gasteiger partial charge in [0.2, 0.25) is 0 Å². The molecule has 1 aliphatic rings. The normalized spacial score (nSPS) is 21.4. The van der Waals surface area contributed by atoms with Gasteiger partial charge in [-0.3, -0.25) is 0 Å². The van der Waals surface area contributed by atoms with Crippen molar-refractivity contribution in [2.45, 2.75) is 63.8 Å². The van der Waals surface area contributed by atoms with Crippen LogP contribution in [0.15, 0.2) is 0 Å². The van der Waals surface area contributed by atoms with Gasteiger partial charge in [0.1, 0.15) is 0 Å². The van der Waals surface area contributed by atoms with E-state index in [0.717, 1.165) is 19.3 Å². The van der Waals surface area contributed by atoms with E-state index >= 15 is 0 Å². The van der Waals surface area contributed by atoms with E-state index in [2.05, 4.69) is 5.32 Å². The first-order valence-electron chi connectivity index (χ1n) is 6.90. The van der Waals surface area contributed by atoms with Crippen molar-refractivity contribution in [1.29, 1.82) is 0 Å². The lowest BCUT2D eigenvalue weighted by atomic mass is 9.98. The second kappa shape index (κ2) is 8.86. The fourth-order valence-corrected chi connectivity index (χ4v) is 2.10. The molecule has 0 aromatic rings. The molecule has 0 bridgehead atoms. The van der Waals surface area contributed by atoms with Gasteiger partial charge in [0.05, 0.1) is 24.9 Å². The summed E-state index contributed by atoms with van der Waals surface area (Å²) < 4.78 is 5.68. The molecule has 0 heterocycles. The second-order valence-corrected chi connectivity index (χ2v) is 4.97. The van der Waals surface area contributed by atoms with Crippen LogP contribution in [0.5, 0.6) is 0 Å². The molecule has 1 fully saturated rings. The van der Waals surface area contributed by atoms with Gasteiger partial charge in [0.25, 0.3) is 0 Å². The van der Waals surface area contributed by atoms with Gasteiger partial charge in [0.15, 0.2) is 0 Å². The zero-order chi connectivity index (χ0) is 12.5. The van der Waals surface area contributed by atoms with Gasteiger partial charge in [-0.25, -0.2) is 0 Å². The van der Waals surface area contributed by atoms with Crippen LogP contribution in [0, 0.1) is 0 Å². The zero-order valence-electron chi connectivity index (χ0n) is 10.9. The van der Waals surface area contributed by atoms with Crippen molar-refractivity contribution < 1.29 is 14.9 Å². The van der Waals surface area contributed by atoms with E-state index in [1.165, 1.54) is 19.3 Å². The first kappa shape index (κ1) is 14.9. The molecule has 2 atom stereocenters. The molecule has 4 nitrogen and oxygen atoms in total. The van der Waals surface area contributed by atoms with Gasteiger partial charge < -0.3 is 20.3 Å². The minimum absolute atomic E-state index is 0.318. The van der Waals surface area contributed by atoms with E-state index in [1.807, 2.05) is 6.92 Å². The molecule has 4 heteroatoms. The molecule has 0 radical (unpaired) electrons. The molecule has 1 rings (SSSR count). The van der Waals surface area contributed by atoms with Gasteiger partial charge >= 0.3 is 0 Å². The Labute approximate surface area is 104 Å². The maximum Gasteiger partial charge on any atom is 0.0897 e. The predicted octanol–water partition coefficient (Wildman–Crippen LogP) is 1.06.